The summed E-state index contributed by atoms with van der Waals surface area (Å²) in [6.07, 6.45) is 6.13. The second kappa shape index (κ2) is 5.38. The molecule has 18 heavy (non-hydrogen) atoms. The zero-order valence-electron chi connectivity index (χ0n) is 11.1. The van der Waals surface area contributed by atoms with Crippen LogP contribution in [0.4, 0.5) is 0 Å². The molecule has 2 heterocycles. The first-order valence-electron chi connectivity index (χ1n) is 6.57. The third kappa shape index (κ3) is 2.63. The van der Waals surface area contributed by atoms with Crippen molar-refractivity contribution in [2.75, 3.05) is 6.54 Å². The van der Waals surface area contributed by atoms with E-state index in [1.807, 2.05) is 4.90 Å². The Kier molecular flexibility index (Phi) is 3.84. The van der Waals surface area contributed by atoms with Gasteiger partial charge in [0.05, 0.1) is 0 Å². The average Bonchev–Trinajstić information content (AvgIpc) is 2.56. The van der Waals surface area contributed by atoms with E-state index < -0.39 is 0 Å². The number of amides is 1. The first kappa shape index (κ1) is 12.9. The molecule has 0 bridgehead atoms. The van der Waals surface area contributed by atoms with Gasteiger partial charge < -0.3 is 9.47 Å². The minimum Gasteiger partial charge on any atom is -0.336 e. The van der Waals surface area contributed by atoms with Crippen molar-refractivity contribution < 1.29 is 4.79 Å². The third-order valence-electron chi connectivity index (χ3n) is 3.67. The van der Waals surface area contributed by atoms with E-state index in [4.69, 9.17) is 0 Å². The molecule has 1 aromatic rings. The van der Waals surface area contributed by atoms with Crippen molar-refractivity contribution >= 4 is 5.91 Å². The summed E-state index contributed by atoms with van der Waals surface area (Å²) in [6, 6.07) is 3.42. The molecule has 4 heteroatoms. The van der Waals surface area contributed by atoms with Gasteiger partial charge in [-0.3, -0.25) is 9.59 Å². The van der Waals surface area contributed by atoms with E-state index in [-0.39, 0.29) is 17.5 Å². The predicted octanol–water partition coefficient (Wildman–Crippen LogP) is 1.79. The molecule has 98 valence electrons. The molecule has 1 amide bonds. The molecular formula is C14H20N2O2. The maximum absolute atomic E-state index is 12.4. The van der Waals surface area contributed by atoms with Crippen LogP contribution in [0.2, 0.25) is 0 Å². The maximum atomic E-state index is 12.4. The van der Waals surface area contributed by atoms with Crippen molar-refractivity contribution in [2.45, 2.75) is 38.6 Å². The first-order chi connectivity index (χ1) is 8.59. The van der Waals surface area contributed by atoms with Crippen LogP contribution in [0.1, 0.15) is 43.0 Å². The smallest absolute Gasteiger partial charge is 0.254 e. The fourth-order valence-electron chi connectivity index (χ4n) is 2.42. The number of hydrogen-bond donors (Lipinski definition) is 0. The van der Waals surface area contributed by atoms with E-state index in [2.05, 4.69) is 6.92 Å². The summed E-state index contributed by atoms with van der Waals surface area (Å²) in [4.78, 5) is 25.9. The van der Waals surface area contributed by atoms with Crippen molar-refractivity contribution in [3.8, 4) is 0 Å². The van der Waals surface area contributed by atoms with Gasteiger partial charge in [0.1, 0.15) is 0 Å². The SMILES string of the molecule is CC1CCCCCN1C(=O)c1ccn(C)c(=O)c1. The van der Waals surface area contributed by atoms with Crippen molar-refractivity contribution in [2.24, 2.45) is 7.05 Å². The van der Waals surface area contributed by atoms with Gasteiger partial charge in [0, 0.05) is 37.5 Å². The Hall–Kier alpha value is -1.58. The van der Waals surface area contributed by atoms with Gasteiger partial charge in [-0.2, -0.15) is 0 Å². The summed E-state index contributed by atoms with van der Waals surface area (Å²) in [5.41, 5.74) is 0.371. The lowest BCUT2D eigenvalue weighted by Gasteiger charge is -2.27. The predicted molar refractivity (Wildman–Crippen MR) is 70.6 cm³/mol. The normalized spacial score (nSPS) is 20.6. The zero-order valence-corrected chi connectivity index (χ0v) is 11.1. The molecule has 0 N–H and O–H groups in total. The molecular weight excluding hydrogens is 228 g/mol. The number of pyridine rings is 1. The van der Waals surface area contributed by atoms with Crippen LogP contribution in [-0.4, -0.2) is 28.0 Å². The molecule has 1 aromatic heterocycles. The lowest BCUT2D eigenvalue weighted by molar-refractivity contribution is 0.0697. The Bertz CT molecular complexity index is 493. The van der Waals surface area contributed by atoms with E-state index in [1.165, 1.54) is 23.5 Å². The average molecular weight is 248 g/mol. The first-order valence-corrected chi connectivity index (χ1v) is 6.57. The van der Waals surface area contributed by atoms with E-state index >= 15 is 0 Å². The molecule has 1 unspecified atom stereocenters. The summed E-state index contributed by atoms with van der Waals surface area (Å²) in [7, 11) is 1.69. The third-order valence-corrected chi connectivity index (χ3v) is 3.67. The molecule has 1 saturated heterocycles. The molecule has 1 fully saturated rings. The number of aryl methyl sites for hydroxylation is 1. The van der Waals surface area contributed by atoms with Crippen molar-refractivity contribution in [3.05, 3.63) is 34.2 Å². The largest absolute Gasteiger partial charge is 0.336 e. The quantitative estimate of drug-likeness (QED) is 0.760. The van der Waals surface area contributed by atoms with Crippen LogP contribution in [0.3, 0.4) is 0 Å². The van der Waals surface area contributed by atoms with Gasteiger partial charge in [-0.25, -0.2) is 0 Å². The number of nitrogens with zero attached hydrogens (tertiary/aromatic N) is 2. The second-order valence-electron chi connectivity index (χ2n) is 5.06. The Morgan fingerprint density at radius 3 is 2.83 bits per heavy atom. The van der Waals surface area contributed by atoms with E-state index in [9.17, 15) is 9.59 Å². The molecule has 1 atom stereocenters. The van der Waals surface area contributed by atoms with Crippen LogP contribution in [0.5, 0.6) is 0 Å². The minimum absolute atomic E-state index is 0.0119. The van der Waals surface area contributed by atoms with Crippen LogP contribution < -0.4 is 5.56 Å². The topological polar surface area (TPSA) is 42.3 Å². The van der Waals surface area contributed by atoms with Gasteiger partial charge >= 0.3 is 0 Å². The summed E-state index contributed by atoms with van der Waals surface area (Å²) in [5, 5.41) is 0. The van der Waals surface area contributed by atoms with Crippen molar-refractivity contribution in [1.82, 2.24) is 9.47 Å². The number of likely N-dealkylation sites (tertiary alicyclic amines) is 1. The van der Waals surface area contributed by atoms with Gasteiger partial charge in [-0.15, -0.1) is 0 Å². The standard InChI is InChI=1S/C14H20N2O2/c1-11-6-4-3-5-8-16(11)14(18)12-7-9-15(2)13(17)10-12/h7,9-11H,3-6,8H2,1-2H3. The number of aromatic nitrogens is 1. The monoisotopic (exact) mass is 248 g/mol. The van der Waals surface area contributed by atoms with Gasteiger partial charge in [0.2, 0.25) is 0 Å². The number of carbonyl (C=O) groups is 1. The van der Waals surface area contributed by atoms with Crippen LogP contribution in [0.25, 0.3) is 0 Å². The zero-order chi connectivity index (χ0) is 13.1. The summed E-state index contributed by atoms with van der Waals surface area (Å²) < 4.78 is 1.47. The highest BCUT2D eigenvalue weighted by Gasteiger charge is 2.23. The molecule has 0 radical (unpaired) electrons. The fourth-order valence-corrected chi connectivity index (χ4v) is 2.42. The summed E-state index contributed by atoms with van der Waals surface area (Å²) in [5.74, 6) is -0.0119. The fraction of sp³-hybridized carbons (Fsp3) is 0.571. The van der Waals surface area contributed by atoms with Gasteiger partial charge in [-0.05, 0) is 25.8 Å². The van der Waals surface area contributed by atoms with Crippen LogP contribution in [0.15, 0.2) is 23.1 Å². The molecule has 2 rings (SSSR count). The van der Waals surface area contributed by atoms with Gasteiger partial charge in [0.15, 0.2) is 0 Å². The molecule has 4 nitrogen and oxygen atoms in total. The molecule has 0 aliphatic carbocycles. The summed E-state index contributed by atoms with van der Waals surface area (Å²) in [6.45, 7) is 2.89. The lowest BCUT2D eigenvalue weighted by atomic mass is 10.1. The second-order valence-corrected chi connectivity index (χ2v) is 5.06. The number of hydrogen-bond acceptors (Lipinski definition) is 2. The number of rotatable bonds is 1. The Balaban J connectivity index is 2.23. The Labute approximate surface area is 107 Å². The number of carbonyl (C=O) groups excluding carboxylic acids is 1. The molecule has 1 aliphatic heterocycles. The van der Waals surface area contributed by atoms with Gasteiger partial charge in [-0.1, -0.05) is 12.8 Å². The van der Waals surface area contributed by atoms with E-state index in [0.717, 1.165) is 19.4 Å². The molecule has 0 aromatic carbocycles. The highest BCUT2D eigenvalue weighted by atomic mass is 16.2. The van der Waals surface area contributed by atoms with Crippen LogP contribution in [-0.2, 0) is 7.05 Å². The van der Waals surface area contributed by atoms with Crippen molar-refractivity contribution in [3.63, 3.8) is 0 Å². The van der Waals surface area contributed by atoms with E-state index in [1.54, 1.807) is 19.3 Å². The lowest BCUT2D eigenvalue weighted by Crippen LogP contribution is -2.38. The van der Waals surface area contributed by atoms with Crippen LogP contribution >= 0.6 is 0 Å². The Morgan fingerprint density at radius 2 is 2.11 bits per heavy atom. The molecule has 0 spiro atoms. The highest BCUT2D eigenvalue weighted by molar-refractivity contribution is 5.94. The molecule has 1 aliphatic rings. The van der Waals surface area contributed by atoms with E-state index in [0.29, 0.717) is 5.56 Å². The molecule has 0 saturated carbocycles. The minimum atomic E-state index is -0.136. The van der Waals surface area contributed by atoms with Crippen LogP contribution in [0, 0.1) is 0 Å². The van der Waals surface area contributed by atoms with Crippen molar-refractivity contribution in [1.29, 1.82) is 0 Å². The Morgan fingerprint density at radius 1 is 1.33 bits per heavy atom. The summed E-state index contributed by atoms with van der Waals surface area (Å²) >= 11 is 0. The maximum Gasteiger partial charge on any atom is 0.254 e. The highest BCUT2D eigenvalue weighted by Crippen LogP contribution is 2.18. The van der Waals surface area contributed by atoms with Gasteiger partial charge in [0.25, 0.3) is 11.5 Å².